The van der Waals surface area contributed by atoms with E-state index in [9.17, 15) is 13.2 Å². The summed E-state index contributed by atoms with van der Waals surface area (Å²) in [5, 5.41) is 0. The van der Waals surface area contributed by atoms with Crippen molar-refractivity contribution in [2.75, 3.05) is 0 Å². The first-order valence-electron chi connectivity index (χ1n) is 6.39. The third kappa shape index (κ3) is 3.40. The largest absolute Gasteiger partial charge is 0.416 e. The topological polar surface area (TPSA) is 50.9 Å². The molecule has 0 fully saturated rings. The molecule has 0 saturated heterocycles. The molecule has 1 heterocycles. The summed E-state index contributed by atoms with van der Waals surface area (Å²) in [6.07, 6.45) is -2.64. The van der Waals surface area contributed by atoms with Gasteiger partial charge in [-0.1, -0.05) is 18.2 Å². The van der Waals surface area contributed by atoms with Gasteiger partial charge in [0.2, 0.25) is 0 Å². The Morgan fingerprint density at radius 2 is 1.76 bits per heavy atom. The third-order valence-electron chi connectivity index (χ3n) is 3.27. The van der Waals surface area contributed by atoms with Crippen molar-refractivity contribution in [3.8, 4) is 0 Å². The summed E-state index contributed by atoms with van der Waals surface area (Å²) < 4.78 is 37.7. The van der Waals surface area contributed by atoms with Crippen LogP contribution in [-0.4, -0.2) is 4.98 Å². The first-order chi connectivity index (χ1) is 9.82. The number of nitrogens with one attached hydrogen (secondary N) is 1. The first kappa shape index (κ1) is 15.5. The van der Waals surface area contributed by atoms with E-state index in [-0.39, 0.29) is 0 Å². The minimum absolute atomic E-state index is 0.451. The Morgan fingerprint density at radius 1 is 1.14 bits per heavy atom. The van der Waals surface area contributed by atoms with Gasteiger partial charge in [-0.2, -0.15) is 13.2 Å². The molecule has 1 aromatic heterocycles. The number of nitrogens with zero attached hydrogens (tertiary/aromatic N) is 1. The van der Waals surface area contributed by atoms with E-state index < -0.39 is 17.8 Å². The molecule has 0 aliphatic rings. The summed E-state index contributed by atoms with van der Waals surface area (Å²) in [5.41, 5.74) is 5.19. The Morgan fingerprint density at radius 3 is 2.24 bits per heavy atom. The van der Waals surface area contributed by atoms with Crippen LogP contribution in [0.2, 0.25) is 0 Å². The van der Waals surface area contributed by atoms with Gasteiger partial charge in [0.1, 0.15) is 0 Å². The summed E-state index contributed by atoms with van der Waals surface area (Å²) in [7, 11) is 0. The van der Waals surface area contributed by atoms with Gasteiger partial charge < -0.3 is 0 Å². The molecular formula is C15H16F3N3. The van der Waals surface area contributed by atoms with Gasteiger partial charge in [0, 0.05) is 6.20 Å². The molecule has 0 aliphatic heterocycles. The number of aromatic nitrogens is 1. The number of halogens is 3. The van der Waals surface area contributed by atoms with E-state index in [0.717, 1.165) is 23.3 Å². The zero-order valence-electron chi connectivity index (χ0n) is 11.7. The quantitative estimate of drug-likeness (QED) is 0.675. The standard InChI is InChI=1S/C15H16F3N3/c1-9-7-10(2)13(20-8-9)14(21-19)11-3-5-12(6-4-11)15(16,17)18/h3-8,14,21H,19H2,1-2H3. The fourth-order valence-electron chi connectivity index (χ4n) is 2.23. The molecule has 0 amide bonds. The molecule has 3 N–H and O–H groups in total. The second-order valence-electron chi connectivity index (χ2n) is 4.93. The number of rotatable bonds is 3. The lowest BCUT2D eigenvalue weighted by atomic mass is 9.98. The Balaban J connectivity index is 2.37. The number of hydrazine groups is 1. The second kappa shape index (κ2) is 5.83. The summed E-state index contributed by atoms with van der Waals surface area (Å²) in [5.74, 6) is 5.56. The first-order valence-corrected chi connectivity index (χ1v) is 6.39. The van der Waals surface area contributed by atoms with Crippen LogP contribution in [0.15, 0.2) is 36.5 Å². The molecule has 0 bridgehead atoms. The number of nitrogens with two attached hydrogens (primary N) is 1. The lowest BCUT2D eigenvalue weighted by molar-refractivity contribution is -0.137. The maximum absolute atomic E-state index is 12.6. The van der Waals surface area contributed by atoms with Crippen molar-refractivity contribution in [3.05, 3.63) is 64.5 Å². The maximum atomic E-state index is 12.6. The Kier molecular flexibility index (Phi) is 4.29. The minimum atomic E-state index is -4.35. The lowest BCUT2D eigenvalue weighted by Crippen LogP contribution is -2.30. The van der Waals surface area contributed by atoms with E-state index in [1.807, 2.05) is 19.9 Å². The van der Waals surface area contributed by atoms with Crippen LogP contribution >= 0.6 is 0 Å². The smallest absolute Gasteiger partial charge is 0.271 e. The van der Waals surface area contributed by atoms with Crippen LogP contribution in [0.3, 0.4) is 0 Å². The van der Waals surface area contributed by atoms with Gasteiger partial charge in [0.05, 0.1) is 17.3 Å². The van der Waals surface area contributed by atoms with Gasteiger partial charge in [-0.25, -0.2) is 5.43 Å². The predicted molar refractivity (Wildman–Crippen MR) is 74.3 cm³/mol. The molecule has 21 heavy (non-hydrogen) atoms. The average Bonchev–Trinajstić information content (AvgIpc) is 2.41. The minimum Gasteiger partial charge on any atom is -0.271 e. The number of alkyl halides is 3. The highest BCUT2D eigenvalue weighted by Crippen LogP contribution is 2.31. The molecule has 0 spiro atoms. The molecule has 112 valence electrons. The number of aryl methyl sites for hydroxylation is 2. The van der Waals surface area contributed by atoms with Gasteiger partial charge in [-0.05, 0) is 42.7 Å². The molecular weight excluding hydrogens is 279 g/mol. The predicted octanol–water partition coefficient (Wildman–Crippen LogP) is 3.27. The second-order valence-corrected chi connectivity index (χ2v) is 4.93. The van der Waals surface area contributed by atoms with E-state index in [2.05, 4.69) is 10.4 Å². The number of pyridine rings is 1. The lowest BCUT2D eigenvalue weighted by Gasteiger charge is -2.19. The van der Waals surface area contributed by atoms with Crippen LogP contribution in [0.1, 0.15) is 34.0 Å². The van der Waals surface area contributed by atoms with Crippen molar-refractivity contribution in [2.24, 2.45) is 5.84 Å². The van der Waals surface area contributed by atoms with E-state index in [1.165, 1.54) is 12.1 Å². The van der Waals surface area contributed by atoms with Crippen LogP contribution in [0, 0.1) is 13.8 Å². The highest BCUT2D eigenvalue weighted by atomic mass is 19.4. The number of benzene rings is 1. The molecule has 1 aromatic carbocycles. The Labute approximate surface area is 121 Å². The van der Waals surface area contributed by atoms with Crippen molar-refractivity contribution < 1.29 is 13.2 Å². The summed E-state index contributed by atoms with van der Waals surface area (Å²) >= 11 is 0. The molecule has 2 rings (SSSR count). The normalized spacial score (nSPS) is 13.2. The molecule has 2 aromatic rings. The van der Waals surface area contributed by atoms with Crippen LogP contribution in [0.25, 0.3) is 0 Å². The molecule has 0 aliphatic carbocycles. The summed E-state index contributed by atoms with van der Waals surface area (Å²) in [6, 6.07) is 6.42. The maximum Gasteiger partial charge on any atom is 0.416 e. The van der Waals surface area contributed by atoms with Crippen molar-refractivity contribution in [1.29, 1.82) is 0 Å². The molecule has 0 radical (unpaired) electrons. The fraction of sp³-hybridized carbons (Fsp3) is 0.267. The van der Waals surface area contributed by atoms with E-state index in [1.54, 1.807) is 6.20 Å². The van der Waals surface area contributed by atoms with Crippen molar-refractivity contribution in [1.82, 2.24) is 10.4 Å². The van der Waals surface area contributed by atoms with Gasteiger partial charge in [0.15, 0.2) is 0 Å². The summed E-state index contributed by atoms with van der Waals surface area (Å²) in [4.78, 5) is 4.33. The van der Waals surface area contributed by atoms with E-state index in [0.29, 0.717) is 11.3 Å². The van der Waals surface area contributed by atoms with E-state index >= 15 is 0 Å². The van der Waals surface area contributed by atoms with Crippen LogP contribution in [-0.2, 0) is 6.18 Å². The van der Waals surface area contributed by atoms with Crippen molar-refractivity contribution in [2.45, 2.75) is 26.1 Å². The van der Waals surface area contributed by atoms with Crippen molar-refractivity contribution >= 4 is 0 Å². The Bertz CT molecular complexity index is 621. The zero-order chi connectivity index (χ0) is 15.6. The van der Waals surface area contributed by atoms with Crippen molar-refractivity contribution in [3.63, 3.8) is 0 Å². The van der Waals surface area contributed by atoms with Gasteiger partial charge >= 0.3 is 6.18 Å². The number of hydrogen-bond donors (Lipinski definition) is 2. The molecule has 1 unspecified atom stereocenters. The molecule has 6 heteroatoms. The Hall–Kier alpha value is -1.92. The fourth-order valence-corrected chi connectivity index (χ4v) is 2.23. The van der Waals surface area contributed by atoms with Gasteiger partial charge in [-0.3, -0.25) is 10.8 Å². The molecule has 3 nitrogen and oxygen atoms in total. The van der Waals surface area contributed by atoms with E-state index in [4.69, 9.17) is 5.84 Å². The number of hydrogen-bond acceptors (Lipinski definition) is 3. The molecule has 0 saturated carbocycles. The summed E-state index contributed by atoms with van der Waals surface area (Å²) in [6.45, 7) is 3.82. The van der Waals surface area contributed by atoms with Crippen LogP contribution < -0.4 is 11.3 Å². The highest BCUT2D eigenvalue weighted by molar-refractivity contribution is 5.35. The molecule has 1 atom stereocenters. The third-order valence-corrected chi connectivity index (χ3v) is 3.27. The van der Waals surface area contributed by atoms with Crippen LogP contribution in [0.4, 0.5) is 13.2 Å². The van der Waals surface area contributed by atoms with Gasteiger partial charge in [-0.15, -0.1) is 0 Å². The zero-order valence-corrected chi connectivity index (χ0v) is 11.7. The SMILES string of the molecule is Cc1cnc(C(NN)c2ccc(C(F)(F)F)cc2)c(C)c1. The monoisotopic (exact) mass is 295 g/mol. The average molecular weight is 295 g/mol. The van der Waals surface area contributed by atoms with Crippen LogP contribution in [0.5, 0.6) is 0 Å². The highest BCUT2D eigenvalue weighted by Gasteiger charge is 2.30. The van der Waals surface area contributed by atoms with Gasteiger partial charge in [0.25, 0.3) is 0 Å².